The number of carboxylic acid groups (broad SMARTS) is 1. The summed E-state index contributed by atoms with van der Waals surface area (Å²) in [6, 6.07) is 4.76. The van der Waals surface area contributed by atoms with Crippen LogP contribution in [-0.2, 0) is 14.8 Å². The van der Waals surface area contributed by atoms with Crippen LogP contribution in [0.1, 0.15) is 6.42 Å². The lowest BCUT2D eigenvalue weighted by atomic mass is 10.3. The van der Waals surface area contributed by atoms with Crippen molar-refractivity contribution in [3.05, 3.63) is 34.4 Å². The molecule has 1 aromatic carbocycles. The molecule has 0 radical (unpaired) electrons. The van der Waals surface area contributed by atoms with Gasteiger partial charge in [0, 0.05) is 12.6 Å². The standard InChI is InChI=1S/C10H12N2O7S/c13-8(10(14)15)5-6-11-20(18,19)9-4-2-1-3-7(9)12(16)17/h1-4,8,11,13H,5-6H2,(H,14,15)/t8-/m0/s1. The topological polar surface area (TPSA) is 147 Å². The van der Waals surface area contributed by atoms with Crippen molar-refractivity contribution in [3.8, 4) is 0 Å². The third-order valence-electron chi connectivity index (χ3n) is 2.35. The van der Waals surface area contributed by atoms with Crippen LogP contribution in [0.5, 0.6) is 0 Å². The molecule has 0 aliphatic heterocycles. The fourth-order valence-electron chi connectivity index (χ4n) is 1.37. The Kier molecular flexibility index (Phi) is 5.13. The zero-order chi connectivity index (χ0) is 15.3. The van der Waals surface area contributed by atoms with Crippen molar-refractivity contribution in [2.45, 2.75) is 17.4 Å². The van der Waals surface area contributed by atoms with Crippen LogP contribution in [0.15, 0.2) is 29.2 Å². The fourth-order valence-corrected chi connectivity index (χ4v) is 2.58. The molecule has 0 fully saturated rings. The molecule has 110 valence electrons. The smallest absolute Gasteiger partial charge is 0.332 e. The van der Waals surface area contributed by atoms with Gasteiger partial charge in [-0.25, -0.2) is 17.9 Å². The summed E-state index contributed by atoms with van der Waals surface area (Å²) in [5, 5.41) is 28.2. The summed E-state index contributed by atoms with van der Waals surface area (Å²) in [6.45, 7) is -0.359. The first-order chi connectivity index (χ1) is 9.25. The quantitative estimate of drug-likeness (QED) is 0.463. The summed E-state index contributed by atoms with van der Waals surface area (Å²) in [5.74, 6) is -1.48. The predicted molar refractivity (Wildman–Crippen MR) is 66.5 cm³/mol. The summed E-state index contributed by atoms with van der Waals surface area (Å²) >= 11 is 0. The normalized spacial score (nSPS) is 12.8. The van der Waals surface area contributed by atoms with Gasteiger partial charge in [-0.05, 0) is 12.5 Å². The first kappa shape index (κ1) is 16.0. The number of benzene rings is 1. The molecule has 0 unspecified atom stereocenters. The number of nitro benzene ring substituents is 1. The van der Waals surface area contributed by atoms with Crippen LogP contribution in [0.25, 0.3) is 0 Å². The average Bonchev–Trinajstić information content (AvgIpc) is 2.38. The Morgan fingerprint density at radius 2 is 2.00 bits per heavy atom. The van der Waals surface area contributed by atoms with Gasteiger partial charge in [0.1, 0.15) is 0 Å². The Morgan fingerprint density at radius 3 is 2.55 bits per heavy atom. The molecule has 0 heterocycles. The van der Waals surface area contributed by atoms with Crippen LogP contribution in [0.2, 0.25) is 0 Å². The minimum Gasteiger partial charge on any atom is -0.479 e. The van der Waals surface area contributed by atoms with E-state index in [1.54, 1.807) is 0 Å². The van der Waals surface area contributed by atoms with Crippen molar-refractivity contribution in [3.63, 3.8) is 0 Å². The maximum atomic E-state index is 11.9. The zero-order valence-corrected chi connectivity index (χ0v) is 10.9. The molecule has 0 aliphatic carbocycles. The molecule has 1 atom stereocenters. The monoisotopic (exact) mass is 304 g/mol. The number of aliphatic carboxylic acids is 1. The lowest BCUT2D eigenvalue weighted by Gasteiger charge is -2.08. The van der Waals surface area contributed by atoms with Crippen molar-refractivity contribution in [2.75, 3.05) is 6.54 Å². The van der Waals surface area contributed by atoms with Crippen molar-refractivity contribution >= 4 is 21.7 Å². The van der Waals surface area contributed by atoms with Crippen LogP contribution < -0.4 is 4.72 Å². The Balaban J connectivity index is 2.85. The molecule has 3 N–H and O–H groups in total. The maximum absolute atomic E-state index is 11.9. The molecule has 0 amide bonds. The summed E-state index contributed by atoms with van der Waals surface area (Å²) in [4.78, 5) is 19.7. The molecule has 0 spiro atoms. The number of nitrogens with zero attached hydrogens (tertiary/aromatic N) is 1. The number of nitrogens with one attached hydrogen (secondary N) is 1. The number of hydrogen-bond acceptors (Lipinski definition) is 6. The van der Waals surface area contributed by atoms with Gasteiger partial charge in [-0.15, -0.1) is 0 Å². The molecule has 0 aromatic heterocycles. The van der Waals surface area contributed by atoms with Crippen molar-refractivity contribution in [2.24, 2.45) is 0 Å². The van der Waals surface area contributed by atoms with Gasteiger partial charge < -0.3 is 10.2 Å². The second-order valence-corrected chi connectivity index (χ2v) is 5.50. The van der Waals surface area contributed by atoms with E-state index in [0.29, 0.717) is 0 Å². The number of carbonyl (C=O) groups is 1. The maximum Gasteiger partial charge on any atom is 0.332 e. The first-order valence-electron chi connectivity index (χ1n) is 5.39. The van der Waals surface area contributed by atoms with Crippen LogP contribution in [-0.4, -0.2) is 42.2 Å². The molecule has 0 bridgehead atoms. The Labute approximate surface area is 114 Å². The molecule has 20 heavy (non-hydrogen) atoms. The molecule has 1 rings (SSSR count). The second-order valence-electron chi connectivity index (χ2n) is 3.77. The molecule has 9 nitrogen and oxygen atoms in total. The number of rotatable bonds is 7. The number of sulfonamides is 1. The van der Waals surface area contributed by atoms with E-state index in [-0.39, 0.29) is 13.0 Å². The number of aliphatic hydroxyl groups excluding tert-OH is 1. The van der Waals surface area contributed by atoms with Crippen molar-refractivity contribution in [1.29, 1.82) is 0 Å². The molecular formula is C10H12N2O7S. The zero-order valence-electron chi connectivity index (χ0n) is 10.1. The van der Waals surface area contributed by atoms with Gasteiger partial charge in [0.05, 0.1) is 4.92 Å². The van der Waals surface area contributed by atoms with Crippen molar-refractivity contribution < 1.29 is 28.3 Å². The number of aliphatic hydroxyl groups is 1. The molecule has 0 saturated heterocycles. The highest BCUT2D eigenvalue weighted by molar-refractivity contribution is 7.89. The largest absolute Gasteiger partial charge is 0.479 e. The SMILES string of the molecule is O=C(O)[C@@H](O)CCNS(=O)(=O)c1ccccc1[N+](=O)[O-]. The van der Waals surface area contributed by atoms with E-state index in [2.05, 4.69) is 0 Å². The first-order valence-corrected chi connectivity index (χ1v) is 6.88. The highest BCUT2D eigenvalue weighted by Crippen LogP contribution is 2.22. The lowest BCUT2D eigenvalue weighted by Crippen LogP contribution is -2.30. The van der Waals surface area contributed by atoms with Crippen LogP contribution >= 0.6 is 0 Å². The van der Waals surface area contributed by atoms with Crippen molar-refractivity contribution in [1.82, 2.24) is 4.72 Å². The second kappa shape index (κ2) is 6.41. The molecule has 0 aliphatic rings. The third kappa shape index (κ3) is 3.98. The van der Waals surface area contributed by atoms with Gasteiger partial charge in [0.25, 0.3) is 5.69 Å². The summed E-state index contributed by atoms with van der Waals surface area (Å²) in [5.41, 5.74) is -0.584. The van der Waals surface area contributed by atoms with Gasteiger partial charge in [-0.3, -0.25) is 10.1 Å². The van der Waals surface area contributed by atoms with Gasteiger partial charge >= 0.3 is 5.97 Å². The van der Waals surface area contributed by atoms with E-state index in [4.69, 9.17) is 10.2 Å². The Morgan fingerprint density at radius 1 is 1.40 bits per heavy atom. The van der Waals surface area contributed by atoms with Gasteiger partial charge in [-0.2, -0.15) is 0 Å². The van der Waals surface area contributed by atoms with E-state index < -0.39 is 37.6 Å². The van der Waals surface area contributed by atoms with E-state index in [0.717, 1.165) is 12.1 Å². The highest BCUT2D eigenvalue weighted by Gasteiger charge is 2.25. The lowest BCUT2D eigenvalue weighted by molar-refractivity contribution is -0.387. The summed E-state index contributed by atoms with van der Waals surface area (Å²) < 4.78 is 25.7. The minimum absolute atomic E-state index is 0.352. The third-order valence-corrected chi connectivity index (χ3v) is 3.85. The molecule has 1 aromatic rings. The molecule has 10 heteroatoms. The highest BCUT2D eigenvalue weighted by atomic mass is 32.2. The van der Waals surface area contributed by atoms with E-state index in [9.17, 15) is 23.3 Å². The number of para-hydroxylation sites is 1. The van der Waals surface area contributed by atoms with Crippen LogP contribution in [0.3, 0.4) is 0 Å². The van der Waals surface area contributed by atoms with Crippen LogP contribution in [0.4, 0.5) is 5.69 Å². The number of carboxylic acids is 1. The Bertz CT molecular complexity index is 614. The van der Waals surface area contributed by atoms with E-state index >= 15 is 0 Å². The predicted octanol–water partition coefficient (Wildman–Crippen LogP) is -0.291. The van der Waals surface area contributed by atoms with Gasteiger partial charge in [0.2, 0.25) is 10.0 Å². The Hall–Kier alpha value is -2.04. The van der Waals surface area contributed by atoms with Crippen LogP contribution in [0, 0.1) is 10.1 Å². The minimum atomic E-state index is -4.15. The van der Waals surface area contributed by atoms with Gasteiger partial charge in [0.15, 0.2) is 11.0 Å². The summed E-state index contributed by atoms with van der Waals surface area (Å²) in [6.07, 6.45) is -2.06. The number of nitro groups is 1. The molecule has 0 saturated carbocycles. The average molecular weight is 304 g/mol. The van der Waals surface area contributed by atoms with Gasteiger partial charge in [-0.1, -0.05) is 12.1 Å². The molecular weight excluding hydrogens is 292 g/mol. The number of hydrogen-bond donors (Lipinski definition) is 3. The summed E-state index contributed by atoms with van der Waals surface area (Å²) in [7, 11) is -4.15. The van der Waals surface area contributed by atoms with E-state index in [1.807, 2.05) is 4.72 Å². The fraction of sp³-hybridized carbons (Fsp3) is 0.300. The van der Waals surface area contributed by atoms with E-state index in [1.165, 1.54) is 12.1 Å².